The molecule has 2 N–H and O–H groups in total. The molecule has 0 spiro atoms. The lowest BCUT2D eigenvalue weighted by molar-refractivity contribution is -0.183. The van der Waals surface area contributed by atoms with Gasteiger partial charge in [-0.2, -0.15) is 13.2 Å². The summed E-state index contributed by atoms with van der Waals surface area (Å²) in [6, 6.07) is 12.5. The summed E-state index contributed by atoms with van der Waals surface area (Å²) in [6.07, 6.45) is -4.67. The summed E-state index contributed by atoms with van der Waals surface area (Å²) in [5, 5.41) is 4.91. The third-order valence-corrected chi connectivity index (χ3v) is 4.61. The minimum absolute atomic E-state index is 0.0919. The number of halogens is 3. The van der Waals surface area contributed by atoms with Crippen molar-refractivity contribution in [1.29, 1.82) is 0 Å². The number of amides is 2. The molecular formula is C22H21F3N2O5. The van der Waals surface area contributed by atoms with Gasteiger partial charge in [0.05, 0.1) is 18.7 Å². The number of carbonyl (C=O) groups excluding carboxylic acids is 2. The van der Waals surface area contributed by atoms with Crippen molar-refractivity contribution in [2.24, 2.45) is 0 Å². The summed E-state index contributed by atoms with van der Waals surface area (Å²) in [4.78, 5) is 24.4. The third kappa shape index (κ3) is 5.71. The lowest BCUT2D eigenvalue weighted by Crippen LogP contribution is -2.45. The molecule has 0 aromatic heterocycles. The van der Waals surface area contributed by atoms with E-state index in [1.54, 1.807) is 18.2 Å². The first kappa shape index (κ1) is 23.0. The van der Waals surface area contributed by atoms with Crippen LogP contribution >= 0.6 is 0 Å². The number of urea groups is 1. The molecule has 2 aromatic carbocycles. The number of esters is 1. The van der Waals surface area contributed by atoms with E-state index in [1.165, 1.54) is 14.0 Å². The monoisotopic (exact) mass is 450 g/mol. The molecule has 10 heteroatoms. The van der Waals surface area contributed by atoms with Gasteiger partial charge in [0.1, 0.15) is 6.61 Å². The number of hydrogen-bond acceptors (Lipinski definition) is 5. The van der Waals surface area contributed by atoms with Crippen molar-refractivity contribution in [1.82, 2.24) is 10.6 Å². The molecule has 170 valence electrons. The second-order valence-electron chi connectivity index (χ2n) is 6.95. The number of methoxy groups -OCH3 is 1. The van der Waals surface area contributed by atoms with E-state index in [2.05, 4.69) is 15.4 Å². The van der Waals surface area contributed by atoms with Crippen LogP contribution in [0.3, 0.4) is 0 Å². The smallest absolute Gasteiger partial charge is 0.422 e. The zero-order valence-electron chi connectivity index (χ0n) is 17.3. The molecule has 1 aliphatic rings. The third-order valence-electron chi connectivity index (χ3n) is 4.61. The van der Waals surface area contributed by atoms with Gasteiger partial charge in [0, 0.05) is 5.70 Å². The molecule has 7 nitrogen and oxygen atoms in total. The van der Waals surface area contributed by atoms with Gasteiger partial charge in [-0.1, -0.05) is 36.4 Å². The number of ether oxygens (including phenoxy) is 3. The lowest BCUT2D eigenvalue weighted by Gasteiger charge is -2.28. The van der Waals surface area contributed by atoms with Crippen molar-refractivity contribution in [2.45, 2.75) is 25.7 Å². The number of allylic oxidation sites excluding steroid dienone is 1. The first-order valence-corrected chi connectivity index (χ1v) is 9.55. The highest BCUT2D eigenvalue weighted by molar-refractivity contribution is 5.95. The predicted molar refractivity (Wildman–Crippen MR) is 108 cm³/mol. The molecule has 32 heavy (non-hydrogen) atoms. The summed E-state index contributed by atoms with van der Waals surface area (Å²) in [6.45, 7) is -0.0436. The van der Waals surface area contributed by atoms with E-state index in [0.717, 1.165) is 5.56 Å². The highest BCUT2D eigenvalue weighted by Crippen LogP contribution is 2.35. The molecule has 0 radical (unpaired) electrons. The Labute approximate surface area is 182 Å². The van der Waals surface area contributed by atoms with Crippen molar-refractivity contribution in [3.8, 4) is 11.5 Å². The Morgan fingerprint density at radius 2 is 1.81 bits per heavy atom. The van der Waals surface area contributed by atoms with Crippen LogP contribution in [-0.2, 0) is 16.1 Å². The molecule has 0 aliphatic carbocycles. The number of benzene rings is 2. The van der Waals surface area contributed by atoms with Gasteiger partial charge in [-0.05, 0) is 30.2 Å². The number of nitrogens with one attached hydrogen (secondary N) is 2. The normalized spacial score (nSPS) is 16.2. The quantitative estimate of drug-likeness (QED) is 0.623. The molecule has 2 amide bonds. The topological polar surface area (TPSA) is 85.9 Å². The molecule has 1 aliphatic heterocycles. The summed E-state index contributed by atoms with van der Waals surface area (Å²) >= 11 is 0. The van der Waals surface area contributed by atoms with Crippen LogP contribution in [0.15, 0.2) is 59.8 Å². The second-order valence-corrected chi connectivity index (χ2v) is 6.95. The summed E-state index contributed by atoms with van der Waals surface area (Å²) in [5.41, 5.74) is 1.29. The van der Waals surface area contributed by atoms with E-state index < -0.39 is 30.8 Å². The fourth-order valence-electron chi connectivity index (χ4n) is 3.16. The van der Waals surface area contributed by atoms with Crippen LogP contribution in [0.25, 0.3) is 0 Å². The Balaban J connectivity index is 1.85. The Kier molecular flexibility index (Phi) is 6.92. The second kappa shape index (κ2) is 9.63. The highest BCUT2D eigenvalue weighted by atomic mass is 19.4. The van der Waals surface area contributed by atoms with Crippen molar-refractivity contribution in [2.75, 3.05) is 13.7 Å². The predicted octanol–water partition coefficient (Wildman–Crippen LogP) is 4.01. The first-order valence-electron chi connectivity index (χ1n) is 9.55. The van der Waals surface area contributed by atoms with Crippen LogP contribution in [0.2, 0.25) is 0 Å². The van der Waals surface area contributed by atoms with Gasteiger partial charge in [-0.3, -0.25) is 0 Å². The molecular weight excluding hydrogens is 429 g/mol. The summed E-state index contributed by atoms with van der Waals surface area (Å²) in [7, 11) is 1.43. The SMILES string of the molecule is COc1cc([C@H]2NC(=O)NC(C)=C2C(=O)OCC(F)(F)F)ccc1OCc1ccccc1. The van der Waals surface area contributed by atoms with E-state index in [4.69, 9.17) is 9.47 Å². The lowest BCUT2D eigenvalue weighted by atomic mass is 9.95. The van der Waals surface area contributed by atoms with Gasteiger partial charge in [-0.15, -0.1) is 0 Å². The van der Waals surface area contributed by atoms with Crippen molar-refractivity contribution in [3.05, 3.63) is 70.9 Å². The van der Waals surface area contributed by atoms with Crippen LogP contribution in [0.1, 0.15) is 24.1 Å². The fourth-order valence-corrected chi connectivity index (χ4v) is 3.16. The fraction of sp³-hybridized carbons (Fsp3) is 0.273. The first-order chi connectivity index (χ1) is 15.2. The number of carbonyl (C=O) groups is 2. The molecule has 0 saturated heterocycles. The van der Waals surface area contributed by atoms with Crippen LogP contribution in [0.5, 0.6) is 11.5 Å². The molecule has 0 saturated carbocycles. The van der Waals surface area contributed by atoms with E-state index in [0.29, 0.717) is 17.1 Å². The van der Waals surface area contributed by atoms with Crippen LogP contribution in [-0.4, -0.2) is 31.9 Å². The summed E-state index contributed by atoms with van der Waals surface area (Å²) < 4.78 is 53.0. The molecule has 1 heterocycles. The zero-order valence-corrected chi connectivity index (χ0v) is 17.3. The maximum absolute atomic E-state index is 12.5. The highest BCUT2D eigenvalue weighted by Gasteiger charge is 2.36. The van der Waals surface area contributed by atoms with Crippen LogP contribution in [0, 0.1) is 0 Å². The van der Waals surface area contributed by atoms with Gasteiger partial charge >= 0.3 is 18.2 Å². The van der Waals surface area contributed by atoms with E-state index in [1.807, 2.05) is 30.3 Å². The molecule has 0 fully saturated rings. The Morgan fingerprint density at radius 1 is 1.09 bits per heavy atom. The minimum Gasteiger partial charge on any atom is -0.493 e. The number of hydrogen-bond donors (Lipinski definition) is 2. The van der Waals surface area contributed by atoms with Gasteiger partial charge in [-0.25, -0.2) is 9.59 Å². The maximum atomic E-state index is 12.5. The number of alkyl halides is 3. The van der Waals surface area contributed by atoms with Gasteiger partial charge < -0.3 is 24.8 Å². The van der Waals surface area contributed by atoms with E-state index in [9.17, 15) is 22.8 Å². The Hall–Kier alpha value is -3.69. The number of rotatable bonds is 7. The van der Waals surface area contributed by atoms with Crippen LogP contribution in [0.4, 0.5) is 18.0 Å². The molecule has 0 bridgehead atoms. The zero-order chi connectivity index (χ0) is 23.3. The Bertz CT molecular complexity index is 1020. The average molecular weight is 450 g/mol. The summed E-state index contributed by atoms with van der Waals surface area (Å²) in [5.74, 6) is -0.449. The van der Waals surface area contributed by atoms with Crippen molar-refractivity contribution < 1.29 is 37.0 Å². The van der Waals surface area contributed by atoms with Crippen molar-refractivity contribution >= 4 is 12.0 Å². The van der Waals surface area contributed by atoms with Gasteiger partial charge in [0.25, 0.3) is 0 Å². The van der Waals surface area contributed by atoms with E-state index >= 15 is 0 Å². The molecule has 3 rings (SSSR count). The van der Waals surface area contributed by atoms with Crippen molar-refractivity contribution in [3.63, 3.8) is 0 Å². The standard InChI is InChI=1S/C22H21F3N2O5/c1-13-18(20(28)32-12-22(23,24)25)19(27-21(29)26-13)15-8-9-16(17(10-15)30-2)31-11-14-6-4-3-5-7-14/h3-10,19H,11-12H2,1-2H3,(H2,26,27,29)/t19-/m1/s1. The Morgan fingerprint density at radius 3 is 2.47 bits per heavy atom. The average Bonchev–Trinajstić information content (AvgIpc) is 2.75. The molecule has 2 aromatic rings. The molecule has 0 unspecified atom stereocenters. The van der Waals surface area contributed by atoms with Gasteiger partial charge in [0.15, 0.2) is 18.1 Å². The maximum Gasteiger partial charge on any atom is 0.422 e. The van der Waals surface area contributed by atoms with Gasteiger partial charge in [0.2, 0.25) is 0 Å². The van der Waals surface area contributed by atoms with Crippen LogP contribution < -0.4 is 20.1 Å². The van der Waals surface area contributed by atoms with E-state index in [-0.39, 0.29) is 17.9 Å². The largest absolute Gasteiger partial charge is 0.493 e. The molecule has 1 atom stereocenters. The minimum atomic E-state index is -4.67.